The van der Waals surface area contributed by atoms with Crippen LogP contribution in [0.25, 0.3) is 0 Å². The number of halogens is 2. The average Bonchev–Trinajstić information content (AvgIpc) is 2.90. The van der Waals surface area contributed by atoms with Gasteiger partial charge in [0.25, 0.3) is 11.8 Å². The lowest BCUT2D eigenvalue weighted by Crippen LogP contribution is -2.41. The number of nitrogens with one attached hydrogen (secondary N) is 2. The molecule has 0 spiro atoms. The van der Waals surface area contributed by atoms with E-state index in [0.717, 1.165) is 12.1 Å². The molecule has 11 heteroatoms. The molecule has 1 aliphatic heterocycles. The molecule has 40 heavy (non-hydrogen) atoms. The Labute approximate surface area is 235 Å². The van der Waals surface area contributed by atoms with Gasteiger partial charge >= 0.3 is 0 Å². The molecule has 1 aromatic heterocycles. The van der Waals surface area contributed by atoms with E-state index in [1.807, 2.05) is 26.7 Å². The van der Waals surface area contributed by atoms with E-state index >= 15 is 0 Å². The number of pyridine rings is 1. The van der Waals surface area contributed by atoms with Gasteiger partial charge in [0.2, 0.25) is 0 Å². The van der Waals surface area contributed by atoms with Gasteiger partial charge in [-0.05, 0) is 57.2 Å². The van der Waals surface area contributed by atoms with Gasteiger partial charge in [-0.15, -0.1) is 0 Å². The second kappa shape index (κ2) is 12.3. The lowest BCUT2D eigenvalue weighted by Gasteiger charge is -2.37. The van der Waals surface area contributed by atoms with E-state index in [9.17, 15) is 18.8 Å². The van der Waals surface area contributed by atoms with Gasteiger partial charge < -0.3 is 15.4 Å². The fourth-order valence-electron chi connectivity index (χ4n) is 4.01. The first kappa shape index (κ1) is 28.8. The predicted molar refractivity (Wildman–Crippen MR) is 148 cm³/mol. The van der Waals surface area contributed by atoms with Crippen molar-refractivity contribution >= 4 is 40.9 Å². The first-order chi connectivity index (χ1) is 19.0. The number of benzene rings is 2. The third kappa shape index (κ3) is 7.45. The Morgan fingerprint density at radius 3 is 2.52 bits per heavy atom. The Bertz CT molecular complexity index is 1450. The molecule has 1 atom stereocenters. The highest BCUT2D eigenvalue weighted by atomic mass is 35.5. The largest absolute Gasteiger partial charge is 0.489 e. The van der Waals surface area contributed by atoms with Gasteiger partial charge in [-0.1, -0.05) is 23.7 Å². The molecule has 1 saturated heterocycles. The number of anilines is 2. The molecule has 2 N–H and O–H groups in total. The number of rotatable bonds is 7. The van der Waals surface area contributed by atoms with E-state index in [1.54, 1.807) is 36.4 Å². The molecule has 3 aromatic rings. The molecule has 0 aliphatic carbocycles. The van der Waals surface area contributed by atoms with Crippen molar-refractivity contribution in [2.75, 3.05) is 17.2 Å². The maximum atomic E-state index is 14.2. The van der Waals surface area contributed by atoms with Crippen molar-refractivity contribution in [2.24, 2.45) is 0 Å². The lowest BCUT2D eigenvalue weighted by molar-refractivity contribution is -0.217. The summed E-state index contributed by atoms with van der Waals surface area (Å²) in [4.78, 5) is 47.7. The molecule has 208 valence electrons. The van der Waals surface area contributed by atoms with Crippen LogP contribution >= 0.6 is 11.6 Å². The van der Waals surface area contributed by atoms with E-state index < -0.39 is 29.3 Å². The van der Waals surface area contributed by atoms with Crippen LogP contribution in [0, 0.1) is 5.82 Å². The highest BCUT2D eigenvalue weighted by Gasteiger charge is 2.30. The van der Waals surface area contributed by atoms with E-state index in [0.29, 0.717) is 18.0 Å². The number of hydroxylamine groups is 2. The smallest absolute Gasteiger partial charge is 0.259 e. The summed E-state index contributed by atoms with van der Waals surface area (Å²) in [5.74, 6) is 0.477. The zero-order valence-corrected chi connectivity index (χ0v) is 22.9. The number of hydrogen-bond donors (Lipinski definition) is 2. The summed E-state index contributed by atoms with van der Waals surface area (Å²) >= 11 is 5.85. The minimum absolute atomic E-state index is 0.00485. The number of nitrogens with zero attached hydrogens (tertiary/aromatic N) is 2. The molecule has 1 aliphatic rings. The highest BCUT2D eigenvalue weighted by Crippen LogP contribution is 2.30. The normalized spacial score (nSPS) is 15.3. The summed E-state index contributed by atoms with van der Waals surface area (Å²) in [5, 5.41) is 7.28. The number of carbonyl (C=O) groups is 2. The van der Waals surface area contributed by atoms with Gasteiger partial charge in [-0.2, -0.15) is 0 Å². The standard InChI is InChI=1S/C29H28ClFN4O5/c1-29(2,3)40-35-13-12-21(15-20(35)17-36)39-25-14-19(31)9-10-23(25)28(38)33-24-7-5-4-6-22(24)27(37)34-26-11-8-18(30)16-32-26/h4-11,14,16,21H,12-13,15H2,1-3H3,(H,33,38)(H,32,34,37). The van der Waals surface area contributed by atoms with Crippen LogP contribution in [-0.4, -0.2) is 46.1 Å². The van der Waals surface area contributed by atoms with Crippen LogP contribution in [0.3, 0.4) is 0 Å². The van der Waals surface area contributed by atoms with Crippen molar-refractivity contribution < 1.29 is 28.3 Å². The molecular weight excluding hydrogens is 539 g/mol. The van der Waals surface area contributed by atoms with Crippen molar-refractivity contribution in [1.29, 1.82) is 0 Å². The Hall–Kier alpha value is -4.24. The number of carbonyl (C=O) groups excluding carboxylic acids is 3. The fraction of sp³-hybridized carbons (Fsp3) is 0.276. The first-order valence-electron chi connectivity index (χ1n) is 12.5. The molecule has 4 rings (SSSR count). The zero-order valence-electron chi connectivity index (χ0n) is 22.2. The second-order valence-electron chi connectivity index (χ2n) is 10.0. The topological polar surface area (TPSA) is 110 Å². The number of piperidine rings is 1. The summed E-state index contributed by atoms with van der Waals surface area (Å²) in [5.41, 5.74) is 0.226. The summed E-state index contributed by atoms with van der Waals surface area (Å²) < 4.78 is 20.2. The van der Waals surface area contributed by atoms with Crippen molar-refractivity contribution in [3.8, 4) is 5.75 Å². The molecule has 0 saturated carbocycles. The number of amides is 2. The fourth-order valence-corrected chi connectivity index (χ4v) is 4.13. The Balaban J connectivity index is 1.50. The zero-order chi connectivity index (χ0) is 28.9. The molecule has 2 heterocycles. The van der Waals surface area contributed by atoms with Gasteiger partial charge in [-0.3, -0.25) is 14.4 Å². The summed E-state index contributed by atoms with van der Waals surface area (Å²) in [6.07, 6.45) is 1.50. The van der Waals surface area contributed by atoms with Crippen LogP contribution < -0.4 is 15.4 Å². The number of ether oxygens (including phenoxy) is 1. The second-order valence-corrected chi connectivity index (χ2v) is 10.5. The lowest BCUT2D eigenvalue weighted by atomic mass is 10.1. The van der Waals surface area contributed by atoms with Crippen molar-refractivity contribution in [3.05, 3.63) is 88.5 Å². The van der Waals surface area contributed by atoms with Crippen molar-refractivity contribution in [1.82, 2.24) is 10.0 Å². The quantitative estimate of drug-likeness (QED) is 0.355. The van der Waals surface area contributed by atoms with E-state index in [4.69, 9.17) is 21.2 Å². The van der Waals surface area contributed by atoms with Crippen molar-refractivity contribution in [2.45, 2.75) is 45.3 Å². The SMILES string of the molecule is CC(C)(C)ON1CCC(Oc2cc(F)ccc2C(=O)Nc2ccccc2C(=O)Nc2ccc(Cl)cn2)CC1=C=O. The molecular formula is C29H28ClFN4O5. The Morgan fingerprint density at radius 1 is 1.07 bits per heavy atom. The van der Waals surface area contributed by atoms with Crippen LogP contribution in [0.15, 0.2) is 66.5 Å². The molecule has 9 nitrogen and oxygen atoms in total. The molecule has 2 aromatic carbocycles. The van der Waals surface area contributed by atoms with Gasteiger partial charge in [0.15, 0.2) is 0 Å². The molecule has 1 unspecified atom stereocenters. The highest BCUT2D eigenvalue weighted by molar-refractivity contribution is 6.30. The van der Waals surface area contributed by atoms with Crippen LogP contribution in [0.1, 0.15) is 54.3 Å². The molecule has 0 radical (unpaired) electrons. The van der Waals surface area contributed by atoms with Gasteiger partial charge in [0.1, 0.15) is 35.1 Å². The number of aromatic nitrogens is 1. The molecule has 0 bridgehead atoms. The predicted octanol–water partition coefficient (Wildman–Crippen LogP) is 5.67. The van der Waals surface area contributed by atoms with Crippen molar-refractivity contribution in [3.63, 3.8) is 0 Å². The van der Waals surface area contributed by atoms with Crippen LogP contribution in [0.4, 0.5) is 15.9 Å². The molecule has 1 fully saturated rings. The van der Waals surface area contributed by atoms with Crippen LogP contribution in [0.5, 0.6) is 5.75 Å². The van der Waals surface area contributed by atoms with E-state index in [-0.39, 0.29) is 40.5 Å². The Morgan fingerprint density at radius 2 is 1.82 bits per heavy atom. The van der Waals surface area contributed by atoms with Gasteiger partial charge in [0.05, 0.1) is 27.4 Å². The first-order valence-corrected chi connectivity index (χ1v) is 12.9. The van der Waals surface area contributed by atoms with E-state index in [1.165, 1.54) is 17.3 Å². The monoisotopic (exact) mass is 566 g/mol. The van der Waals surface area contributed by atoms with Gasteiger partial charge in [0, 0.05) is 31.6 Å². The summed E-state index contributed by atoms with van der Waals surface area (Å²) in [7, 11) is 0. The number of hydrogen-bond acceptors (Lipinski definition) is 7. The Kier molecular flexibility index (Phi) is 8.84. The maximum Gasteiger partial charge on any atom is 0.259 e. The average molecular weight is 567 g/mol. The minimum atomic E-state index is -0.612. The minimum Gasteiger partial charge on any atom is -0.489 e. The maximum absolute atomic E-state index is 14.2. The number of para-hydroxylation sites is 1. The van der Waals surface area contributed by atoms with Crippen LogP contribution in [0.2, 0.25) is 5.02 Å². The van der Waals surface area contributed by atoms with E-state index in [2.05, 4.69) is 15.6 Å². The summed E-state index contributed by atoms with van der Waals surface area (Å²) in [6.45, 7) is 5.96. The summed E-state index contributed by atoms with van der Waals surface area (Å²) in [6, 6.07) is 13.1. The molecule has 2 amide bonds. The van der Waals surface area contributed by atoms with Crippen LogP contribution in [-0.2, 0) is 9.63 Å². The third-order valence-electron chi connectivity index (χ3n) is 5.75. The van der Waals surface area contributed by atoms with Gasteiger partial charge in [-0.25, -0.2) is 19.2 Å². The third-order valence-corrected chi connectivity index (χ3v) is 5.97.